The van der Waals surface area contributed by atoms with Crippen LogP contribution in [0.2, 0.25) is 0 Å². The van der Waals surface area contributed by atoms with Gasteiger partial charge in [0, 0.05) is 0 Å². The minimum Gasteiger partial charge on any atom is -0.485 e. The van der Waals surface area contributed by atoms with Gasteiger partial charge in [-0.3, -0.25) is 0 Å². The van der Waals surface area contributed by atoms with Gasteiger partial charge in [0.15, 0.2) is 0 Å². The van der Waals surface area contributed by atoms with E-state index in [4.69, 9.17) is 4.74 Å². The summed E-state index contributed by atoms with van der Waals surface area (Å²) in [6, 6.07) is 4.22. The number of benzene rings is 1. The summed E-state index contributed by atoms with van der Waals surface area (Å²) in [5.74, 6) is 0.984. The van der Waals surface area contributed by atoms with E-state index in [1.54, 1.807) is 0 Å². The van der Waals surface area contributed by atoms with Gasteiger partial charge in [-0.1, -0.05) is 12.1 Å². The zero-order chi connectivity index (χ0) is 11.1. The molecule has 0 aromatic heterocycles. The Morgan fingerprint density at radius 2 is 2.00 bits per heavy atom. The fraction of sp³-hybridized carbons (Fsp3) is 0.538. The molecule has 2 heteroatoms. The number of fused-ring (bicyclic) bond motifs is 1. The highest BCUT2D eigenvalue weighted by molar-refractivity contribution is 5.47. The van der Waals surface area contributed by atoms with Crippen molar-refractivity contribution in [2.75, 3.05) is 6.61 Å². The summed E-state index contributed by atoms with van der Waals surface area (Å²) in [4.78, 5) is 0. The summed E-state index contributed by atoms with van der Waals surface area (Å²) < 4.78 is 5.93. The second kappa shape index (κ2) is 3.53. The van der Waals surface area contributed by atoms with Crippen LogP contribution in [0.15, 0.2) is 12.1 Å². The van der Waals surface area contributed by atoms with Crippen LogP contribution in [0.1, 0.15) is 30.0 Å². The molecule has 0 amide bonds. The fourth-order valence-electron chi connectivity index (χ4n) is 2.09. The summed E-state index contributed by atoms with van der Waals surface area (Å²) in [6.07, 6.45) is 1.89. The first-order valence-electron chi connectivity index (χ1n) is 5.45. The normalized spacial score (nSPS) is 24.5. The Hall–Kier alpha value is -1.02. The third-order valence-corrected chi connectivity index (χ3v) is 3.28. The first kappa shape index (κ1) is 10.5. The molecule has 1 aliphatic heterocycles. The number of ether oxygens (including phenoxy) is 1. The zero-order valence-electron chi connectivity index (χ0n) is 9.63. The van der Waals surface area contributed by atoms with Crippen LogP contribution in [0.3, 0.4) is 0 Å². The average Bonchev–Trinajstić information content (AvgIpc) is 2.24. The predicted octanol–water partition coefficient (Wildman–Crippen LogP) is 2.38. The average molecular weight is 206 g/mol. The molecule has 0 saturated carbocycles. The molecule has 1 heterocycles. The van der Waals surface area contributed by atoms with Gasteiger partial charge in [-0.05, 0) is 50.3 Å². The lowest BCUT2D eigenvalue weighted by molar-refractivity contribution is 0.00736. The first-order valence-corrected chi connectivity index (χ1v) is 5.45. The van der Waals surface area contributed by atoms with Gasteiger partial charge in [-0.2, -0.15) is 0 Å². The van der Waals surface area contributed by atoms with Crippen LogP contribution in [-0.2, 0) is 6.42 Å². The van der Waals surface area contributed by atoms with Crippen molar-refractivity contribution in [3.63, 3.8) is 0 Å². The first-order chi connectivity index (χ1) is 7.06. The van der Waals surface area contributed by atoms with Crippen molar-refractivity contribution < 1.29 is 9.84 Å². The molecule has 0 fully saturated rings. The highest BCUT2D eigenvalue weighted by Crippen LogP contribution is 2.37. The molecule has 0 radical (unpaired) electrons. The minimum atomic E-state index is -0.397. The molecule has 15 heavy (non-hydrogen) atoms. The standard InChI is InChI=1S/C13H18O2/c1-9-4-5-10(2)12-11(9)6-7-13(3,8-14)15-12/h4-5,14H,6-8H2,1-3H3. The van der Waals surface area contributed by atoms with Gasteiger partial charge in [0.05, 0.1) is 6.61 Å². The molecule has 82 valence electrons. The molecule has 2 nitrogen and oxygen atoms in total. The van der Waals surface area contributed by atoms with E-state index in [2.05, 4.69) is 26.0 Å². The van der Waals surface area contributed by atoms with E-state index in [-0.39, 0.29) is 6.61 Å². The van der Waals surface area contributed by atoms with Gasteiger partial charge in [-0.25, -0.2) is 0 Å². The lowest BCUT2D eigenvalue weighted by Gasteiger charge is -2.35. The van der Waals surface area contributed by atoms with Crippen molar-refractivity contribution >= 4 is 0 Å². The summed E-state index contributed by atoms with van der Waals surface area (Å²) in [5.41, 5.74) is 3.36. The van der Waals surface area contributed by atoms with Crippen LogP contribution < -0.4 is 4.74 Å². The summed E-state index contributed by atoms with van der Waals surface area (Å²) >= 11 is 0. The molecule has 1 aromatic carbocycles. The lowest BCUT2D eigenvalue weighted by atomic mass is 9.90. The van der Waals surface area contributed by atoms with Gasteiger partial charge in [0.1, 0.15) is 11.4 Å². The number of rotatable bonds is 1. The van der Waals surface area contributed by atoms with E-state index in [1.807, 2.05) is 6.92 Å². The van der Waals surface area contributed by atoms with Crippen molar-refractivity contribution in [1.29, 1.82) is 0 Å². The molecule has 0 spiro atoms. The summed E-state index contributed by atoms with van der Waals surface area (Å²) in [6.45, 7) is 6.22. The topological polar surface area (TPSA) is 29.5 Å². The molecule has 2 rings (SSSR count). The second-order valence-corrected chi connectivity index (χ2v) is 4.72. The van der Waals surface area contributed by atoms with Crippen molar-refractivity contribution in [3.8, 4) is 5.75 Å². The maximum atomic E-state index is 9.31. The molecule has 1 atom stereocenters. The van der Waals surface area contributed by atoms with Gasteiger partial charge in [0.2, 0.25) is 0 Å². The third kappa shape index (κ3) is 1.74. The van der Waals surface area contributed by atoms with Crippen molar-refractivity contribution in [3.05, 3.63) is 28.8 Å². The Morgan fingerprint density at radius 1 is 1.33 bits per heavy atom. The molecular formula is C13H18O2. The van der Waals surface area contributed by atoms with Crippen molar-refractivity contribution in [2.45, 2.75) is 39.2 Å². The third-order valence-electron chi connectivity index (χ3n) is 3.28. The fourth-order valence-corrected chi connectivity index (χ4v) is 2.09. The molecule has 0 saturated heterocycles. The highest BCUT2D eigenvalue weighted by atomic mass is 16.5. The van der Waals surface area contributed by atoms with Crippen molar-refractivity contribution in [2.24, 2.45) is 0 Å². The van der Waals surface area contributed by atoms with Crippen LogP contribution in [0, 0.1) is 13.8 Å². The van der Waals surface area contributed by atoms with E-state index >= 15 is 0 Å². The van der Waals surface area contributed by atoms with E-state index in [1.165, 1.54) is 11.1 Å². The number of aryl methyl sites for hydroxylation is 2. The highest BCUT2D eigenvalue weighted by Gasteiger charge is 2.32. The number of aliphatic hydroxyl groups is 1. The van der Waals surface area contributed by atoms with Gasteiger partial charge in [0.25, 0.3) is 0 Å². The maximum absolute atomic E-state index is 9.31. The number of aliphatic hydroxyl groups excluding tert-OH is 1. The van der Waals surface area contributed by atoms with E-state index in [0.717, 1.165) is 24.2 Å². The predicted molar refractivity (Wildman–Crippen MR) is 60.4 cm³/mol. The SMILES string of the molecule is Cc1ccc(C)c2c1CCC(C)(CO)O2. The maximum Gasteiger partial charge on any atom is 0.129 e. The van der Waals surface area contributed by atoms with Gasteiger partial charge >= 0.3 is 0 Å². The lowest BCUT2D eigenvalue weighted by Crippen LogP contribution is -2.40. The molecule has 1 aromatic rings. The molecular weight excluding hydrogens is 188 g/mol. The smallest absolute Gasteiger partial charge is 0.129 e. The summed E-state index contributed by atoms with van der Waals surface area (Å²) in [5, 5.41) is 9.31. The van der Waals surface area contributed by atoms with E-state index in [9.17, 15) is 5.11 Å². The van der Waals surface area contributed by atoms with Gasteiger partial charge < -0.3 is 9.84 Å². The molecule has 1 aliphatic rings. The molecule has 1 N–H and O–H groups in total. The van der Waals surface area contributed by atoms with Crippen LogP contribution >= 0.6 is 0 Å². The number of hydrogen-bond donors (Lipinski definition) is 1. The van der Waals surface area contributed by atoms with Crippen LogP contribution in [0.25, 0.3) is 0 Å². The van der Waals surface area contributed by atoms with Crippen LogP contribution in [0.5, 0.6) is 5.75 Å². The van der Waals surface area contributed by atoms with Crippen LogP contribution in [0.4, 0.5) is 0 Å². The van der Waals surface area contributed by atoms with Crippen molar-refractivity contribution in [1.82, 2.24) is 0 Å². The Morgan fingerprint density at radius 3 is 2.67 bits per heavy atom. The van der Waals surface area contributed by atoms with E-state index in [0.29, 0.717) is 0 Å². The summed E-state index contributed by atoms with van der Waals surface area (Å²) in [7, 11) is 0. The minimum absolute atomic E-state index is 0.0832. The second-order valence-electron chi connectivity index (χ2n) is 4.72. The Bertz CT molecular complexity index is 384. The largest absolute Gasteiger partial charge is 0.485 e. The quantitative estimate of drug-likeness (QED) is 0.764. The molecule has 0 aliphatic carbocycles. The van der Waals surface area contributed by atoms with E-state index < -0.39 is 5.60 Å². The Kier molecular flexibility index (Phi) is 2.47. The zero-order valence-corrected chi connectivity index (χ0v) is 9.63. The molecule has 1 unspecified atom stereocenters. The Balaban J connectivity index is 2.45. The number of hydrogen-bond acceptors (Lipinski definition) is 2. The van der Waals surface area contributed by atoms with Crippen LogP contribution in [-0.4, -0.2) is 17.3 Å². The monoisotopic (exact) mass is 206 g/mol. The molecule has 0 bridgehead atoms. The Labute approximate surface area is 90.9 Å². The van der Waals surface area contributed by atoms with Gasteiger partial charge in [-0.15, -0.1) is 0 Å².